The van der Waals surface area contributed by atoms with Crippen molar-refractivity contribution in [3.63, 3.8) is 0 Å². The third-order valence-electron chi connectivity index (χ3n) is 8.43. The molecule has 3 atom stereocenters. The van der Waals surface area contributed by atoms with Crippen molar-refractivity contribution in [3.05, 3.63) is 62.8 Å². The van der Waals surface area contributed by atoms with Crippen molar-refractivity contribution in [3.8, 4) is 5.75 Å². The number of carbonyl (C=O) groups is 1. The van der Waals surface area contributed by atoms with Crippen LogP contribution in [0.25, 0.3) is 0 Å². The number of nitrogens with zero attached hydrogens (tertiary/aromatic N) is 3. The summed E-state index contributed by atoms with van der Waals surface area (Å²) in [5, 5.41) is 0.117. The van der Waals surface area contributed by atoms with Gasteiger partial charge in [-0.05, 0) is 85.5 Å². The fourth-order valence-corrected chi connectivity index (χ4v) is 8.04. The van der Waals surface area contributed by atoms with Crippen LogP contribution in [-0.2, 0) is 0 Å². The Balaban J connectivity index is 2.09. The normalized spacial score (nSPS) is 20.1. The van der Waals surface area contributed by atoms with E-state index < -0.39 is 8.32 Å². The maximum Gasteiger partial charge on any atom is 0.265 e. The molecule has 216 valence electrons. The molecule has 1 amide bonds. The number of benzene rings is 1. The molecule has 0 unspecified atom stereocenters. The predicted octanol–water partition coefficient (Wildman–Crippen LogP) is 8.05. The number of hydrogen-bond donors (Lipinski definition) is 0. The Hall–Kier alpha value is -1.45. The van der Waals surface area contributed by atoms with Crippen molar-refractivity contribution in [1.29, 1.82) is 0 Å². The van der Waals surface area contributed by atoms with Crippen LogP contribution >= 0.6 is 27.3 Å². The zero-order valence-corrected chi connectivity index (χ0v) is 28.8. The standard InChI is InChI=1S/C31H48BrN3O2SSi/c1-11-17-34-20-23(5)35(21-22(34)4)28(27-19-26(32)29(38-27)30(36)33(12-2)13-3)24-15-14-16-25(18-24)37-39(9,10)31(6,7)8/h11,14-16,18-19,22-23,28H,1,12-13,17,20-21H2,2-10H3/t22-,23+,28+/m1/s1. The Bertz CT molecular complexity index is 1140. The van der Waals surface area contributed by atoms with Gasteiger partial charge in [0, 0.05) is 54.2 Å². The highest BCUT2D eigenvalue weighted by Gasteiger charge is 2.40. The first-order valence-corrected chi connectivity index (χ1v) is 18.7. The van der Waals surface area contributed by atoms with Crippen LogP contribution in [0.3, 0.4) is 0 Å². The third-order valence-corrected chi connectivity index (χ3v) is 14.9. The van der Waals surface area contributed by atoms with Gasteiger partial charge < -0.3 is 9.33 Å². The molecule has 1 aromatic heterocycles. The predicted molar refractivity (Wildman–Crippen MR) is 173 cm³/mol. The van der Waals surface area contributed by atoms with E-state index in [0.717, 1.165) is 34.7 Å². The first-order chi connectivity index (χ1) is 18.2. The molecule has 0 spiro atoms. The van der Waals surface area contributed by atoms with Crippen LogP contribution in [0.15, 0.2) is 47.5 Å². The molecule has 1 aromatic carbocycles. The van der Waals surface area contributed by atoms with Crippen molar-refractivity contribution < 1.29 is 9.22 Å². The van der Waals surface area contributed by atoms with Gasteiger partial charge in [-0.1, -0.05) is 39.0 Å². The largest absolute Gasteiger partial charge is 0.543 e. The average molecular weight is 635 g/mol. The Morgan fingerprint density at radius 1 is 1.21 bits per heavy atom. The van der Waals surface area contributed by atoms with E-state index >= 15 is 0 Å². The molecule has 1 aliphatic heterocycles. The van der Waals surface area contributed by atoms with E-state index in [2.05, 4.69) is 110 Å². The van der Waals surface area contributed by atoms with Crippen molar-refractivity contribution in [2.24, 2.45) is 0 Å². The summed E-state index contributed by atoms with van der Waals surface area (Å²) < 4.78 is 7.62. The molecular formula is C31H48BrN3O2SSi. The lowest BCUT2D eigenvalue weighted by Crippen LogP contribution is -2.57. The first-order valence-electron chi connectivity index (χ1n) is 14.2. The van der Waals surface area contributed by atoms with Gasteiger partial charge in [-0.25, -0.2) is 0 Å². The summed E-state index contributed by atoms with van der Waals surface area (Å²) in [5.74, 6) is 1.03. The minimum atomic E-state index is -1.99. The second-order valence-corrected chi connectivity index (χ2v) is 18.9. The summed E-state index contributed by atoms with van der Waals surface area (Å²) in [6, 6.07) is 11.6. The van der Waals surface area contributed by atoms with Crippen molar-refractivity contribution >= 4 is 41.5 Å². The summed E-state index contributed by atoms with van der Waals surface area (Å²) in [6.45, 7) is 28.3. The Morgan fingerprint density at radius 2 is 1.87 bits per heavy atom. The highest BCUT2D eigenvalue weighted by Crippen LogP contribution is 2.42. The van der Waals surface area contributed by atoms with Crippen LogP contribution in [-0.4, -0.2) is 73.7 Å². The fraction of sp³-hybridized carbons (Fsp3) is 0.581. The monoisotopic (exact) mass is 633 g/mol. The lowest BCUT2D eigenvalue weighted by Gasteiger charge is -2.47. The molecule has 2 heterocycles. The molecule has 39 heavy (non-hydrogen) atoms. The zero-order valence-electron chi connectivity index (χ0n) is 25.4. The third kappa shape index (κ3) is 7.25. The van der Waals surface area contributed by atoms with Gasteiger partial charge in [0.25, 0.3) is 5.91 Å². The van der Waals surface area contributed by atoms with Gasteiger partial charge in [-0.3, -0.25) is 14.6 Å². The molecule has 0 N–H and O–H groups in total. The van der Waals surface area contributed by atoms with Crippen LogP contribution < -0.4 is 4.43 Å². The van der Waals surface area contributed by atoms with E-state index in [0.29, 0.717) is 25.2 Å². The minimum absolute atomic E-state index is 0.0239. The van der Waals surface area contributed by atoms with E-state index in [1.807, 2.05) is 24.8 Å². The van der Waals surface area contributed by atoms with E-state index in [1.54, 1.807) is 11.3 Å². The summed E-state index contributed by atoms with van der Waals surface area (Å²) in [4.78, 5) is 22.3. The molecule has 3 rings (SSSR count). The quantitative estimate of drug-likeness (QED) is 0.196. The number of hydrogen-bond acceptors (Lipinski definition) is 5. The molecule has 0 aliphatic carbocycles. The average Bonchev–Trinajstić information content (AvgIpc) is 3.23. The molecule has 2 aromatic rings. The number of piperazine rings is 1. The Labute approximate surface area is 250 Å². The second kappa shape index (κ2) is 13.0. The van der Waals surface area contributed by atoms with E-state index in [1.165, 1.54) is 10.4 Å². The molecule has 1 aliphatic rings. The minimum Gasteiger partial charge on any atom is -0.543 e. The van der Waals surface area contributed by atoms with Crippen molar-refractivity contribution in [2.75, 3.05) is 32.7 Å². The van der Waals surface area contributed by atoms with Gasteiger partial charge in [0.1, 0.15) is 10.6 Å². The lowest BCUT2D eigenvalue weighted by atomic mass is 9.98. The summed E-state index contributed by atoms with van der Waals surface area (Å²) in [5.41, 5.74) is 1.21. The first kappa shape index (κ1) is 32.1. The Morgan fingerprint density at radius 3 is 2.46 bits per heavy atom. The van der Waals surface area contributed by atoms with Crippen LogP contribution in [0.4, 0.5) is 0 Å². The molecule has 1 saturated heterocycles. The SMILES string of the molecule is C=CCN1C[C@H](C)N([C@@H](c2cccc(O[Si](C)(C)C(C)(C)C)c2)c2cc(Br)c(C(=O)N(CC)CC)s2)C[C@H]1C. The maximum atomic E-state index is 13.4. The van der Waals surface area contributed by atoms with Gasteiger partial charge in [0.05, 0.1) is 6.04 Å². The van der Waals surface area contributed by atoms with E-state index in [4.69, 9.17) is 4.43 Å². The van der Waals surface area contributed by atoms with Crippen LogP contribution in [0, 0.1) is 0 Å². The van der Waals surface area contributed by atoms with Crippen molar-refractivity contribution in [1.82, 2.24) is 14.7 Å². The Kier molecular flexibility index (Phi) is 10.7. The highest BCUT2D eigenvalue weighted by molar-refractivity contribution is 9.10. The van der Waals surface area contributed by atoms with Crippen LogP contribution in [0.5, 0.6) is 5.75 Å². The molecule has 8 heteroatoms. The van der Waals surface area contributed by atoms with Gasteiger partial charge in [0.15, 0.2) is 0 Å². The van der Waals surface area contributed by atoms with Gasteiger partial charge in [0.2, 0.25) is 8.32 Å². The van der Waals surface area contributed by atoms with Crippen LogP contribution in [0.1, 0.15) is 74.6 Å². The number of thiophene rings is 1. The highest BCUT2D eigenvalue weighted by atomic mass is 79.9. The number of halogens is 1. The summed E-state index contributed by atoms with van der Waals surface area (Å²) >= 11 is 5.37. The number of amides is 1. The molecular weight excluding hydrogens is 586 g/mol. The molecule has 5 nitrogen and oxygen atoms in total. The zero-order chi connectivity index (χ0) is 29.1. The molecule has 1 fully saturated rings. The number of rotatable bonds is 10. The second-order valence-electron chi connectivity index (χ2n) is 12.3. The van der Waals surface area contributed by atoms with Gasteiger partial charge in [-0.2, -0.15) is 0 Å². The van der Waals surface area contributed by atoms with E-state index in [-0.39, 0.29) is 17.0 Å². The van der Waals surface area contributed by atoms with Crippen LogP contribution in [0.2, 0.25) is 18.1 Å². The number of carbonyl (C=O) groups excluding carboxylic acids is 1. The molecule has 0 saturated carbocycles. The van der Waals surface area contributed by atoms with Gasteiger partial charge in [-0.15, -0.1) is 17.9 Å². The van der Waals surface area contributed by atoms with E-state index in [9.17, 15) is 4.79 Å². The topological polar surface area (TPSA) is 36.0 Å². The lowest BCUT2D eigenvalue weighted by molar-refractivity contribution is 0.0315. The summed E-state index contributed by atoms with van der Waals surface area (Å²) in [6.07, 6.45) is 2.00. The molecule has 0 radical (unpaired) electrons. The molecule has 0 bridgehead atoms. The smallest absolute Gasteiger partial charge is 0.265 e. The maximum absolute atomic E-state index is 13.4. The summed E-state index contributed by atoms with van der Waals surface area (Å²) in [7, 11) is -1.99. The van der Waals surface area contributed by atoms with Crippen molar-refractivity contribution in [2.45, 2.75) is 84.7 Å². The van der Waals surface area contributed by atoms with Gasteiger partial charge >= 0.3 is 0 Å². The fourth-order valence-electron chi connectivity index (χ4n) is 5.04.